The van der Waals surface area contributed by atoms with Gasteiger partial charge in [0, 0.05) is 5.56 Å². The molecule has 0 atom stereocenters. The summed E-state index contributed by atoms with van der Waals surface area (Å²) in [4.78, 5) is 0. The van der Waals surface area contributed by atoms with Crippen molar-refractivity contribution < 1.29 is 9.16 Å². The zero-order valence-electron chi connectivity index (χ0n) is 11.5. The van der Waals surface area contributed by atoms with Crippen molar-refractivity contribution in [3.63, 3.8) is 0 Å². The summed E-state index contributed by atoms with van der Waals surface area (Å²) in [5, 5.41) is 0. The van der Waals surface area contributed by atoms with E-state index in [0.717, 1.165) is 27.1 Å². The first-order valence-corrected chi connectivity index (χ1v) is 10.1. The molecular weight excluding hydrogens is 296 g/mol. The van der Waals surface area contributed by atoms with Crippen molar-refractivity contribution in [2.75, 3.05) is 6.61 Å². The largest absolute Gasteiger partial charge is 0.544 e. The van der Waals surface area contributed by atoms with E-state index in [0.29, 0.717) is 6.61 Å². The van der Waals surface area contributed by atoms with E-state index in [-0.39, 0.29) is 0 Å². The minimum absolute atomic E-state index is 0.683. The van der Waals surface area contributed by atoms with Crippen LogP contribution in [0.15, 0.2) is 10.5 Å². The van der Waals surface area contributed by atoms with Crippen LogP contribution in [-0.4, -0.2) is 14.9 Å². The van der Waals surface area contributed by atoms with E-state index in [1.807, 2.05) is 6.92 Å². The Morgan fingerprint density at radius 2 is 1.82 bits per heavy atom. The Bertz CT molecular complexity index is 411. The second kappa shape index (κ2) is 5.44. The van der Waals surface area contributed by atoms with Gasteiger partial charge in [0.05, 0.1) is 11.1 Å². The Labute approximate surface area is 114 Å². The Kier molecular flexibility index (Phi) is 4.67. The van der Waals surface area contributed by atoms with E-state index in [9.17, 15) is 0 Å². The molecule has 1 aromatic carbocycles. The number of benzene rings is 1. The highest BCUT2D eigenvalue weighted by Gasteiger charge is 2.20. The van der Waals surface area contributed by atoms with Gasteiger partial charge in [-0.3, -0.25) is 0 Å². The molecule has 4 heteroatoms. The molecule has 0 bridgehead atoms. The monoisotopic (exact) mass is 316 g/mol. The van der Waals surface area contributed by atoms with Crippen LogP contribution in [0.3, 0.4) is 0 Å². The minimum Gasteiger partial charge on any atom is -0.544 e. The lowest BCUT2D eigenvalue weighted by Gasteiger charge is -2.23. The normalized spacial score (nSPS) is 11.5. The molecule has 96 valence electrons. The fourth-order valence-electron chi connectivity index (χ4n) is 1.68. The van der Waals surface area contributed by atoms with E-state index in [1.54, 1.807) is 0 Å². The molecule has 0 spiro atoms. The van der Waals surface area contributed by atoms with Gasteiger partial charge in [-0.05, 0) is 68.0 Å². The van der Waals surface area contributed by atoms with Crippen LogP contribution in [0.1, 0.15) is 18.1 Å². The van der Waals surface area contributed by atoms with E-state index >= 15 is 0 Å². The lowest BCUT2D eigenvalue weighted by Crippen LogP contribution is -2.29. The summed E-state index contributed by atoms with van der Waals surface area (Å²) in [6.07, 6.45) is 0. The Morgan fingerprint density at radius 1 is 1.24 bits per heavy atom. The number of hydrogen-bond acceptors (Lipinski definition) is 2. The average molecular weight is 317 g/mol. The summed E-state index contributed by atoms with van der Waals surface area (Å²) >= 11 is 3.61. The van der Waals surface area contributed by atoms with Crippen molar-refractivity contribution in [2.45, 2.75) is 40.4 Å². The van der Waals surface area contributed by atoms with Crippen LogP contribution < -0.4 is 9.16 Å². The van der Waals surface area contributed by atoms with Crippen LogP contribution in [-0.2, 0) is 0 Å². The molecule has 1 rings (SSSR count). The van der Waals surface area contributed by atoms with Crippen LogP contribution in [0.25, 0.3) is 0 Å². The quantitative estimate of drug-likeness (QED) is 0.751. The lowest BCUT2D eigenvalue weighted by molar-refractivity contribution is 0.334. The molecule has 0 amide bonds. The fourth-order valence-corrected chi connectivity index (χ4v) is 3.02. The van der Waals surface area contributed by atoms with Gasteiger partial charge in [0.25, 0.3) is 0 Å². The highest BCUT2D eigenvalue weighted by Crippen LogP contribution is 2.38. The molecule has 0 saturated heterocycles. The molecule has 17 heavy (non-hydrogen) atoms. The van der Waals surface area contributed by atoms with Crippen molar-refractivity contribution in [1.29, 1.82) is 0 Å². The molecule has 0 heterocycles. The van der Waals surface area contributed by atoms with Crippen molar-refractivity contribution in [3.8, 4) is 11.5 Å². The third-order valence-electron chi connectivity index (χ3n) is 2.30. The van der Waals surface area contributed by atoms with E-state index in [4.69, 9.17) is 9.16 Å². The van der Waals surface area contributed by atoms with Crippen LogP contribution in [0.5, 0.6) is 11.5 Å². The summed E-state index contributed by atoms with van der Waals surface area (Å²) in [5.41, 5.74) is 2.24. The van der Waals surface area contributed by atoms with Crippen molar-refractivity contribution in [2.24, 2.45) is 0 Å². The average Bonchev–Trinajstić information content (AvgIpc) is 2.19. The fraction of sp³-hybridized carbons (Fsp3) is 0.538. The number of hydrogen-bond donors (Lipinski definition) is 0. The third-order valence-corrected chi connectivity index (χ3v) is 4.11. The maximum Gasteiger partial charge on any atom is 0.242 e. The first-order chi connectivity index (χ1) is 7.76. The minimum atomic E-state index is -1.58. The molecule has 0 aromatic heterocycles. The Morgan fingerprint density at radius 3 is 2.29 bits per heavy atom. The molecule has 1 aromatic rings. The van der Waals surface area contributed by atoms with Gasteiger partial charge >= 0.3 is 0 Å². The molecule has 2 nitrogen and oxygen atoms in total. The number of rotatable bonds is 4. The highest BCUT2D eigenvalue weighted by atomic mass is 79.9. The maximum atomic E-state index is 6.06. The second-order valence-electron chi connectivity index (χ2n) is 5.11. The first-order valence-electron chi connectivity index (χ1n) is 5.87. The van der Waals surface area contributed by atoms with E-state index < -0.39 is 8.32 Å². The van der Waals surface area contributed by atoms with Gasteiger partial charge in [0.15, 0.2) is 0 Å². The SMILES string of the molecule is CCOc1c(C)cc(O[Si](C)(C)C)c(Br)c1C. The van der Waals surface area contributed by atoms with Gasteiger partial charge in [-0.2, -0.15) is 0 Å². The zero-order valence-corrected chi connectivity index (χ0v) is 14.1. The first kappa shape index (κ1) is 14.6. The molecule has 0 unspecified atom stereocenters. The molecule has 0 aliphatic carbocycles. The summed E-state index contributed by atoms with van der Waals surface area (Å²) < 4.78 is 12.7. The Balaban J connectivity index is 3.19. The number of aryl methyl sites for hydroxylation is 1. The highest BCUT2D eigenvalue weighted by molar-refractivity contribution is 9.10. The van der Waals surface area contributed by atoms with Gasteiger partial charge in [0.1, 0.15) is 11.5 Å². The molecule has 0 saturated carbocycles. The van der Waals surface area contributed by atoms with Crippen LogP contribution in [0.2, 0.25) is 19.6 Å². The summed E-state index contributed by atoms with van der Waals surface area (Å²) in [5.74, 6) is 1.89. The zero-order chi connectivity index (χ0) is 13.2. The predicted octanol–water partition coefficient (Wildman–Crippen LogP) is 4.68. The summed E-state index contributed by atoms with van der Waals surface area (Å²) in [6.45, 7) is 13.3. The smallest absolute Gasteiger partial charge is 0.242 e. The van der Waals surface area contributed by atoms with Gasteiger partial charge < -0.3 is 9.16 Å². The van der Waals surface area contributed by atoms with Crippen molar-refractivity contribution in [1.82, 2.24) is 0 Å². The molecule has 0 N–H and O–H groups in total. The molecule has 0 aliphatic rings. The molecule has 0 fully saturated rings. The van der Waals surface area contributed by atoms with Gasteiger partial charge in [-0.1, -0.05) is 0 Å². The second-order valence-corrected chi connectivity index (χ2v) is 10.3. The topological polar surface area (TPSA) is 18.5 Å². The molecule has 0 aliphatic heterocycles. The standard InChI is InChI=1S/C13H21BrO2Si/c1-7-15-13-9(2)8-11(12(14)10(13)3)16-17(4,5)6/h8H,7H2,1-6H3. The predicted molar refractivity (Wildman–Crippen MR) is 78.8 cm³/mol. The third kappa shape index (κ3) is 3.74. The van der Waals surface area contributed by atoms with Crippen LogP contribution in [0, 0.1) is 13.8 Å². The molecule has 0 radical (unpaired) electrons. The van der Waals surface area contributed by atoms with Gasteiger partial charge in [0.2, 0.25) is 8.32 Å². The van der Waals surface area contributed by atoms with Gasteiger partial charge in [-0.25, -0.2) is 0 Å². The Hall–Kier alpha value is -0.483. The van der Waals surface area contributed by atoms with Gasteiger partial charge in [-0.15, -0.1) is 0 Å². The number of halogens is 1. The van der Waals surface area contributed by atoms with Crippen LogP contribution >= 0.6 is 15.9 Å². The molecular formula is C13H21BrO2Si. The van der Waals surface area contributed by atoms with E-state index in [2.05, 4.69) is 55.5 Å². The number of ether oxygens (including phenoxy) is 1. The lowest BCUT2D eigenvalue weighted by atomic mass is 10.1. The maximum absolute atomic E-state index is 6.06. The summed E-state index contributed by atoms with van der Waals surface area (Å²) in [7, 11) is -1.58. The van der Waals surface area contributed by atoms with Crippen LogP contribution in [0.4, 0.5) is 0 Å². The van der Waals surface area contributed by atoms with E-state index in [1.165, 1.54) is 0 Å². The summed E-state index contributed by atoms with van der Waals surface area (Å²) in [6, 6.07) is 2.06. The van der Waals surface area contributed by atoms with Crippen molar-refractivity contribution in [3.05, 3.63) is 21.7 Å². The van der Waals surface area contributed by atoms with Crippen molar-refractivity contribution >= 4 is 24.2 Å².